The van der Waals surface area contributed by atoms with Crippen molar-refractivity contribution in [1.29, 1.82) is 0 Å². The number of hydrogen-bond acceptors (Lipinski definition) is 4. The number of nitrogens with one attached hydrogen (secondary N) is 2. The van der Waals surface area contributed by atoms with Gasteiger partial charge in [-0.05, 0) is 37.5 Å². The lowest BCUT2D eigenvalue weighted by atomic mass is 10.1. The molecular formula is C15H24N4O2. The van der Waals surface area contributed by atoms with Gasteiger partial charge in [-0.15, -0.1) is 0 Å². The Morgan fingerprint density at radius 3 is 3.05 bits per heavy atom. The molecule has 0 saturated carbocycles. The molecule has 2 N–H and O–H groups in total. The van der Waals surface area contributed by atoms with Gasteiger partial charge in [0, 0.05) is 33.4 Å². The van der Waals surface area contributed by atoms with Gasteiger partial charge >= 0.3 is 6.03 Å². The van der Waals surface area contributed by atoms with E-state index in [4.69, 9.17) is 4.74 Å². The van der Waals surface area contributed by atoms with Gasteiger partial charge in [0.05, 0.1) is 12.1 Å². The van der Waals surface area contributed by atoms with E-state index in [1.165, 1.54) is 0 Å². The molecule has 0 spiro atoms. The average Bonchev–Trinajstić information content (AvgIpc) is 2.99. The summed E-state index contributed by atoms with van der Waals surface area (Å²) in [6, 6.07) is 3.73. The maximum absolute atomic E-state index is 11.9. The third kappa shape index (κ3) is 4.60. The lowest BCUT2D eigenvalue weighted by molar-refractivity contribution is 0.0860. The Morgan fingerprint density at radius 1 is 1.57 bits per heavy atom. The molecule has 21 heavy (non-hydrogen) atoms. The minimum absolute atomic E-state index is 0.0299. The smallest absolute Gasteiger partial charge is 0.315 e. The molecule has 2 amide bonds. The number of anilines is 1. The Balaban J connectivity index is 1.79. The standard InChI is InChI=1S/C15H24N4O2/c1-11(13-5-4-8-21-13)18-15(20)17-10-12-6-7-16-14(9-12)19(2)3/h6-7,9,11,13H,4-5,8,10H2,1-3H3,(H2,17,18,20)/t11-,13+/m0/s1. The van der Waals surface area contributed by atoms with Crippen LogP contribution in [-0.4, -0.2) is 43.9 Å². The maximum atomic E-state index is 11.9. The van der Waals surface area contributed by atoms with E-state index < -0.39 is 0 Å². The summed E-state index contributed by atoms with van der Waals surface area (Å²) in [5.41, 5.74) is 1.02. The molecule has 2 rings (SSSR count). The third-order valence-electron chi connectivity index (χ3n) is 3.60. The second kappa shape index (κ2) is 7.26. The van der Waals surface area contributed by atoms with Crippen LogP contribution in [0.5, 0.6) is 0 Å². The van der Waals surface area contributed by atoms with Crippen molar-refractivity contribution in [1.82, 2.24) is 15.6 Å². The van der Waals surface area contributed by atoms with Crippen LogP contribution in [0.25, 0.3) is 0 Å². The number of aromatic nitrogens is 1. The molecule has 6 heteroatoms. The number of pyridine rings is 1. The second-order valence-electron chi connectivity index (χ2n) is 5.58. The average molecular weight is 292 g/mol. The Kier molecular flexibility index (Phi) is 5.38. The Bertz CT molecular complexity index is 472. The number of rotatable bonds is 5. The molecule has 1 aromatic rings. The first-order chi connectivity index (χ1) is 10.1. The highest BCUT2D eigenvalue weighted by atomic mass is 16.5. The van der Waals surface area contributed by atoms with E-state index in [0.29, 0.717) is 6.54 Å². The Labute approximate surface area is 125 Å². The second-order valence-corrected chi connectivity index (χ2v) is 5.58. The summed E-state index contributed by atoms with van der Waals surface area (Å²) in [6.07, 6.45) is 3.97. The molecule has 0 radical (unpaired) electrons. The molecule has 1 aliphatic heterocycles. The van der Waals surface area contributed by atoms with Gasteiger partial charge in [-0.2, -0.15) is 0 Å². The fourth-order valence-electron chi connectivity index (χ4n) is 2.35. The Morgan fingerprint density at radius 2 is 2.38 bits per heavy atom. The molecule has 1 fully saturated rings. The van der Waals surface area contributed by atoms with Crippen LogP contribution in [0, 0.1) is 0 Å². The zero-order chi connectivity index (χ0) is 15.2. The molecule has 2 heterocycles. The summed E-state index contributed by atoms with van der Waals surface area (Å²) < 4.78 is 5.56. The topological polar surface area (TPSA) is 66.5 Å². The number of urea groups is 1. The van der Waals surface area contributed by atoms with Crippen molar-refractivity contribution >= 4 is 11.8 Å². The minimum Gasteiger partial charge on any atom is -0.376 e. The normalized spacial score (nSPS) is 19.1. The lowest BCUT2D eigenvalue weighted by Gasteiger charge is -2.20. The summed E-state index contributed by atoms with van der Waals surface area (Å²) in [6.45, 7) is 3.25. The predicted octanol–water partition coefficient (Wildman–Crippen LogP) is 1.51. The number of nitrogens with zero attached hydrogens (tertiary/aromatic N) is 2. The van der Waals surface area contributed by atoms with E-state index in [-0.39, 0.29) is 18.2 Å². The van der Waals surface area contributed by atoms with Gasteiger partial charge in [-0.1, -0.05) is 0 Å². The zero-order valence-electron chi connectivity index (χ0n) is 12.9. The van der Waals surface area contributed by atoms with Crippen molar-refractivity contribution in [2.45, 2.75) is 38.5 Å². The highest BCUT2D eigenvalue weighted by Gasteiger charge is 2.23. The summed E-state index contributed by atoms with van der Waals surface area (Å²) in [5, 5.41) is 5.80. The van der Waals surface area contributed by atoms with E-state index in [1.54, 1.807) is 6.20 Å². The van der Waals surface area contributed by atoms with Crippen LogP contribution < -0.4 is 15.5 Å². The van der Waals surface area contributed by atoms with Crippen molar-refractivity contribution in [3.05, 3.63) is 23.9 Å². The number of hydrogen-bond donors (Lipinski definition) is 2. The maximum Gasteiger partial charge on any atom is 0.315 e. The molecule has 0 aromatic carbocycles. The molecule has 1 aliphatic rings. The molecule has 2 atom stereocenters. The molecule has 1 saturated heterocycles. The van der Waals surface area contributed by atoms with Crippen LogP contribution in [0.3, 0.4) is 0 Å². The number of carbonyl (C=O) groups excluding carboxylic acids is 1. The van der Waals surface area contributed by atoms with Crippen molar-refractivity contribution < 1.29 is 9.53 Å². The van der Waals surface area contributed by atoms with Crippen molar-refractivity contribution in [3.8, 4) is 0 Å². The first kappa shape index (κ1) is 15.6. The first-order valence-corrected chi connectivity index (χ1v) is 7.34. The first-order valence-electron chi connectivity index (χ1n) is 7.34. The van der Waals surface area contributed by atoms with Gasteiger partial charge < -0.3 is 20.3 Å². The molecule has 6 nitrogen and oxygen atoms in total. The van der Waals surface area contributed by atoms with Crippen molar-refractivity contribution in [2.75, 3.05) is 25.6 Å². The van der Waals surface area contributed by atoms with Gasteiger partial charge in [-0.3, -0.25) is 0 Å². The van der Waals surface area contributed by atoms with E-state index in [2.05, 4.69) is 15.6 Å². The Hall–Kier alpha value is -1.82. The highest BCUT2D eigenvalue weighted by Crippen LogP contribution is 2.15. The van der Waals surface area contributed by atoms with Gasteiger partial charge in [0.1, 0.15) is 5.82 Å². The summed E-state index contributed by atoms with van der Waals surface area (Å²) in [5.74, 6) is 0.877. The molecule has 0 bridgehead atoms. The van der Waals surface area contributed by atoms with Crippen molar-refractivity contribution in [2.24, 2.45) is 0 Å². The van der Waals surface area contributed by atoms with Crippen LogP contribution in [0.2, 0.25) is 0 Å². The fourth-order valence-corrected chi connectivity index (χ4v) is 2.35. The van der Waals surface area contributed by atoms with E-state index >= 15 is 0 Å². The largest absolute Gasteiger partial charge is 0.376 e. The summed E-state index contributed by atoms with van der Waals surface area (Å²) >= 11 is 0. The number of carbonyl (C=O) groups is 1. The van der Waals surface area contributed by atoms with Gasteiger partial charge in [0.15, 0.2) is 0 Å². The monoisotopic (exact) mass is 292 g/mol. The summed E-state index contributed by atoms with van der Waals surface area (Å²) in [7, 11) is 3.88. The minimum atomic E-state index is -0.166. The van der Waals surface area contributed by atoms with Crippen LogP contribution in [-0.2, 0) is 11.3 Å². The number of amides is 2. The third-order valence-corrected chi connectivity index (χ3v) is 3.60. The van der Waals surface area contributed by atoms with Gasteiger partial charge in [0.2, 0.25) is 0 Å². The van der Waals surface area contributed by atoms with E-state index in [0.717, 1.165) is 30.8 Å². The summed E-state index contributed by atoms with van der Waals surface area (Å²) in [4.78, 5) is 18.1. The molecule has 1 aromatic heterocycles. The van der Waals surface area contributed by atoms with Gasteiger partial charge in [-0.25, -0.2) is 9.78 Å². The molecule has 116 valence electrons. The van der Waals surface area contributed by atoms with E-state index in [1.807, 2.05) is 38.1 Å². The predicted molar refractivity (Wildman–Crippen MR) is 82.4 cm³/mol. The number of ether oxygens (including phenoxy) is 1. The van der Waals surface area contributed by atoms with Crippen LogP contribution in [0.15, 0.2) is 18.3 Å². The SMILES string of the molecule is C[C@H](NC(=O)NCc1ccnc(N(C)C)c1)[C@H]1CCCO1. The van der Waals surface area contributed by atoms with Crippen LogP contribution in [0.4, 0.5) is 10.6 Å². The molecule has 0 unspecified atom stereocenters. The molecule has 0 aliphatic carbocycles. The molecular weight excluding hydrogens is 268 g/mol. The lowest BCUT2D eigenvalue weighted by Crippen LogP contribution is -2.45. The fraction of sp³-hybridized carbons (Fsp3) is 0.600. The van der Waals surface area contributed by atoms with Crippen LogP contribution in [0.1, 0.15) is 25.3 Å². The van der Waals surface area contributed by atoms with Crippen molar-refractivity contribution in [3.63, 3.8) is 0 Å². The van der Waals surface area contributed by atoms with E-state index in [9.17, 15) is 4.79 Å². The van der Waals surface area contributed by atoms with Crippen LogP contribution >= 0.6 is 0 Å². The quantitative estimate of drug-likeness (QED) is 0.863. The zero-order valence-corrected chi connectivity index (χ0v) is 12.9. The van der Waals surface area contributed by atoms with Gasteiger partial charge in [0.25, 0.3) is 0 Å². The highest BCUT2D eigenvalue weighted by molar-refractivity contribution is 5.74.